The number of thiazole rings is 1. The number of hydrogen-bond donors (Lipinski definition) is 0. The fourth-order valence-electron chi connectivity index (χ4n) is 1.36. The summed E-state index contributed by atoms with van der Waals surface area (Å²) in [5, 5.41) is 12.8. The third-order valence-electron chi connectivity index (χ3n) is 2.20. The average Bonchev–Trinajstić information content (AvgIpc) is 2.73. The molecule has 0 bridgehead atoms. The molecule has 0 N–H and O–H groups in total. The molecule has 2 aromatic rings. The van der Waals surface area contributed by atoms with E-state index >= 15 is 0 Å². The van der Waals surface area contributed by atoms with E-state index in [1.165, 1.54) is 6.07 Å². The lowest BCUT2D eigenvalue weighted by Gasteiger charge is -2.03. The largest absolute Gasteiger partial charge is 0.283 e. The van der Waals surface area contributed by atoms with E-state index in [1.807, 2.05) is 18.4 Å². The molecule has 0 spiro atoms. The van der Waals surface area contributed by atoms with Crippen LogP contribution in [-0.2, 0) is 5.75 Å². The monoisotopic (exact) mass is 344 g/mol. The molecule has 0 amide bonds. The molecule has 0 aliphatic rings. The van der Waals surface area contributed by atoms with Crippen LogP contribution in [-0.4, -0.2) is 9.91 Å². The molecule has 0 radical (unpaired) electrons. The van der Waals surface area contributed by atoms with Gasteiger partial charge in [-0.05, 0) is 28.4 Å². The maximum absolute atomic E-state index is 10.8. The van der Waals surface area contributed by atoms with Crippen molar-refractivity contribution in [2.45, 2.75) is 17.0 Å². The van der Waals surface area contributed by atoms with E-state index in [0.717, 1.165) is 15.6 Å². The van der Waals surface area contributed by atoms with Gasteiger partial charge in [0.15, 0.2) is 0 Å². The lowest BCUT2D eigenvalue weighted by molar-refractivity contribution is -0.385. The summed E-state index contributed by atoms with van der Waals surface area (Å²) in [6.45, 7) is 1.95. The highest BCUT2D eigenvalue weighted by Gasteiger charge is 2.15. The first kappa shape index (κ1) is 13.5. The number of aryl methyl sites for hydroxylation is 1. The Morgan fingerprint density at radius 1 is 1.56 bits per heavy atom. The molecule has 0 fully saturated rings. The third kappa shape index (κ3) is 3.09. The fourth-order valence-corrected chi connectivity index (χ4v) is 3.93. The van der Waals surface area contributed by atoms with E-state index in [4.69, 9.17) is 0 Å². The second-order valence-electron chi connectivity index (χ2n) is 3.55. The Labute approximate surface area is 121 Å². The molecule has 1 aromatic heterocycles. The topological polar surface area (TPSA) is 56.0 Å². The molecule has 0 saturated heterocycles. The van der Waals surface area contributed by atoms with Gasteiger partial charge in [-0.3, -0.25) is 10.1 Å². The summed E-state index contributed by atoms with van der Waals surface area (Å²) >= 11 is 6.46. The van der Waals surface area contributed by atoms with Gasteiger partial charge in [-0.2, -0.15) is 0 Å². The molecule has 18 heavy (non-hydrogen) atoms. The third-order valence-corrected chi connectivity index (χ3v) is 5.31. The van der Waals surface area contributed by atoms with Gasteiger partial charge >= 0.3 is 0 Å². The second-order valence-corrected chi connectivity index (χ2v) is 6.42. The molecular weight excluding hydrogens is 336 g/mol. The van der Waals surface area contributed by atoms with E-state index in [2.05, 4.69) is 20.9 Å². The number of nitro benzene ring substituents is 1. The van der Waals surface area contributed by atoms with Crippen molar-refractivity contribution < 1.29 is 4.92 Å². The molecular formula is C11H9BrN2O2S2. The van der Waals surface area contributed by atoms with Crippen LogP contribution in [0.3, 0.4) is 0 Å². The van der Waals surface area contributed by atoms with Crippen molar-refractivity contribution in [1.29, 1.82) is 0 Å². The average molecular weight is 345 g/mol. The zero-order valence-corrected chi connectivity index (χ0v) is 12.6. The molecule has 7 heteroatoms. The highest BCUT2D eigenvalue weighted by molar-refractivity contribution is 9.10. The summed E-state index contributed by atoms with van der Waals surface area (Å²) in [7, 11) is 0. The van der Waals surface area contributed by atoms with Crippen LogP contribution in [0.25, 0.3) is 0 Å². The fraction of sp³-hybridized carbons (Fsp3) is 0.182. The number of nitro groups is 1. The van der Waals surface area contributed by atoms with Crippen LogP contribution < -0.4 is 0 Å². The van der Waals surface area contributed by atoms with Crippen LogP contribution in [0.15, 0.2) is 32.4 Å². The van der Waals surface area contributed by atoms with Crippen LogP contribution in [0.5, 0.6) is 0 Å². The van der Waals surface area contributed by atoms with Gasteiger partial charge in [0.25, 0.3) is 5.69 Å². The molecule has 1 heterocycles. The molecule has 0 aliphatic heterocycles. The maximum atomic E-state index is 10.8. The lowest BCUT2D eigenvalue weighted by Crippen LogP contribution is -1.92. The lowest BCUT2D eigenvalue weighted by atomic mass is 10.2. The van der Waals surface area contributed by atoms with Crippen LogP contribution >= 0.6 is 39.0 Å². The second kappa shape index (κ2) is 5.81. The Morgan fingerprint density at radius 2 is 2.33 bits per heavy atom. The molecule has 0 atom stereocenters. The molecule has 2 rings (SSSR count). The van der Waals surface area contributed by atoms with Gasteiger partial charge < -0.3 is 0 Å². The van der Waals surface area contributed by atoms with E-state index in [1.54, 1.807) is 29.2 Å². The van der Waals surface area contributed by atoms with Crippen molar-refractivity contribution in [3.8, 4) is 0 Å². The minimum Gasteiger partial charge on any atom is -0.258 e. The molecule has 0 unspecified atom stereocenters. The quantitative estimate of drug-likeness (QED) is 0.468. The van der Waals surface area contributed by atoms with Gasteiger partial charge in [0.1, 0.15) is 4.34 Å². The number of halogens is 1. The summed E-state index contributed by atoms with van der Waals surface area (Å²) in [6.07, 6.45) is 0. The van der Waals surface area contributed by atoms with E-state index in [0.29, 0.717) is 10.2 Å². The summed E-state index contributed by atoms with van der Waals surface area (Å²) in [4.78, 5) is 14.8. The number of thioether (sulfide) groups is 1. The van der Waals surface area contributed by atoms with Crippen molar-refractivity contribution in [3.63, 3.8) is 0 Å². The van der Waals surface area contributed by atoms with Crippen LogP contribution in [0.2, 0.25) is 0 Å². The first-order valence-electron chi connectivity index (χ1n) is 5.04. The molecule has 0 saturated carbocycles. The predicted octanol–water partition coefficient (Wildman–Crippen LogP) is 4.41. The van der Waals surface area contributed by atoms with Crippen LogP contribution in [0, 0.1) is 17.0 Å². The van der Waals surface area contributed by atoms with E-state index in [-0.39, 0.29) is 10.6 Å². The zero-order chi connectivity index (χ0) is 13.1. The maximum Gasteiger partial charge on any atom is 0.283 e. The Balaban J connectivity index is 2.14. The SMILES string of the molecule is Cc1csc(SCc2cccc([N+](=O)[O-])c2Br)n1. The molecule has 1 aromatic carbocycles. The Hall–Kier alpha value is -0.920. The molecule has 4 nitrogen and oxygen atoms in total. The van der Waals surface area contributed by atoms with Gasteiger partial charge in [0, 0.05) is 22.9 Å². The molecule has 94 valence electrons. The van der Waals surface area contributed by atoms with Crippen LogP contribution in [0.4, 0.5) is 5.69 Å². The van der Waals surface area contributed by atoms with E-state index in [9.17, 15) is 10.1 Å². The van der Waals surface area contributed by atoms with Crippen molar-refractivity contribution in [3.05, 3.63) is 49.4 Å². The van der Waals surface area contributed by atoms with Gasteiger partial charge in [-0.25, -0.2) is 4.98 Å². The number of nitrogens with zero attached hydrogens (tertiary/aromatic N) is 2. The summed E-state index contributed by atoms with van der Waals surface area (Å²) in [6, 6.07) is 5.07. The van der Waals surface area contributed by atoms with Gasteiger partial charge in [0.2, 0.25) is 0 Å². The Kier molecular flexibility index (Phi) is 4.36. The number of rotatable bonds is 4. The number of hydrogen-bond acceptors (Lipinski definition) is 5. The summed E-state index contributed by atoms with van der Waals surface area (Å²) in [5.74, 6) is 0.662. The smallest absolute Gasteiger partial charge is 0.258 e. The van der Waals surface area contributed by atoms with Crippen LogP contribution in [0.1, 0.15) is 11.3 Å². The van der Waals surface area contributed by atoms with Gasteiger partial charge in [-0.1, -0.05) is 23.9 Å². The van der Waals surface area contributed by atoms with Crippen molar-refractivity contribution in [2.75, 3.05) is 0 Å². The predicted molar refractivity (Wildman–Crippen MR) is 77.2 cm³/mol. The minimum absolute atomic E-state index is 0.100. The highest BCUT2D eigenvalue weighted by Crippen LogP contribution is 2.33. The first-order valence-corrected chi connectivity index (χ1v) is 7.70. The minimum atomic E-state index is -0.383. The van der Waals surface area contributed by atoms with Crippen molar-refractivity contribution in [1.82, 2.24) is 4.98 Å². The van der Waals surface area contributed by atoms with Crippen molar-refractivity contribution >= 4 is 44.7 Å². The zero-order valence-electron chi connectivity index (χ0n) is 9.42. The number of aromatic nitrogens is 1. The summed E-state index contributed by atoms with van der Waals surface area (Å²) < 4.78 is 1.53. The summed E-state index contributed by atoms with van der Waals surface area (Å²) in [5.41, 5.74) is 2.01. The highest BCUT2D eigenvalue weighted by atomic mass is 79.9. The Bertz CT molecular complexity index is 586. The Morgan fingerprint density at radius 3 is 2.94 bits per heavy atom. The van der Waals surface area contributed by atoms with Gasteiger partial charge in [-0.15, -0.1) is 11.3 Å². The standard InChI is InChI=1S/C11H9BrN2O2S2/c1-7-5-17-11(13-7)18-6-8-3-2-4-9(10(8)12)14(15)16/h2-5H,6H2,1H3. The first-order chi connectivity index (χ1) is 8.58. The molecule has 0 aliphatic carbocycles. The van der Waals surface area contributed by atoms with Gasteiger partial charge in [0.05, 0.1) is 9.40 Å². The normalized spacial score (nSPS) is 10.6. The van der Waals surface area contributed by atoms with Crippen molar-refractivity contribution in [2.24, 2.45) is 0 Å². The number of benzene rings is 1. The van der Waals surface area contributed by atoms with E-state index < -0.39 is 0 Å².